The molecular weight excluding hydrogens is 382 g/mol. The summed E-state index contributed by atoms with van der Waals surface area (Å²) in [5.74, 6) is -0.150. The lowest BCUT2D eigenvalue weighted by molar-refractivity contribution is 0.0949. The van der Waals surface area contributed by atoms with E-state index in [0.717, 1.165) is 34.9 Å². The molecule has 7 heteroatoms. The van der Waals surface area contributed by atoms with Crippen LogP contribution in [0.3, 0.4) is 0 Å². The number of amides is 1. The Hall–Kier alpha value is -3.45. The Balaban J connectivity index is 1.28. The number of rotatable bonds is 8. The fourth-order valence-electron chi connectivity index (χ4n) is 2.84. The second-order valence-corrected chi connectivity index (χ2v) is 7.31. The molecule has 0 aliphatic carbocycles. The Bertz CT molecular complexity index is 1060. The van der Waals surface area contributed by atoms with Gasteiger partial charge >= 0.3 is 0 Å². The number of para-hydroxylation sites is 2. The van der Waals surface area contributed by atoms with Gasteiger partial charge in [0.15, 0.2) is 0 Å². The first-order valence-corrected chi connectivity index (χ1v) is 10.3. The molecule has 0 bridgehead atoms. The van der Waals surface area contributed by atoms with Crippen LogP contribution in [0.1, 0.15) is 16.9 Å². The summed E-state index contributed by atoms with van der Waals surface area (Å²) in [5.41, 5.74) is 3.40. The van der Waals surface area contributed by atoms with Crippen molar-refractivity contribution in [1.29, 1.82) is 0 Å². The second kappa shape index (κ2) is 9.16. The van der Waals surface area contributed by atoms with Gasteiger partial charge in [-0.2, -0.15) is 5.10 Å². The third-order valence-corrected chi connectivity index (χ3v) is 5.22. The molecule has 0 saturated heterocycles. The van der Waals surface area contributed by atoms with E-state index < -0.39 is 0 Å². The molecule has 0 aliphatic rings. The minimum atomic E-state index is -0.150. The van der Waals surface area contributed by atoms with Crippen LogP contribution in [0.15, 0.2) is 78.4 Å². The Morgan fingerprint density at radius 2 is 1.76 bits per heavy atom. The lowest BCUT2D eigenvalue weighted by atomic mass is 10.3. The molecule has 0 radical (unpaired) electrons. The first-order valence-electron chi connectivity index (χ1n) is 9.43. The molecule has 0 aliphatic heterocycles. The quantitative estimate of drug-likeness (QED) is 0.432. The molecule has 4 aromatic rings. The average molecular weight is 404 g/mol. The molecule has 0 atom stereocenters. The van der Waals surface area contributed by atoms with Crippen molar-refractivity contribution < 1.29 is 4.79 Å². The third-order valence-electron chi connectivity index (χ3n) is 4.33. The Morgan fingerprint density at radius 1 is 1.00 bits per heavy atom. The highest BCUT2D eigenvalue weighted by Gasteiger charge is 2.13. The van der Waals surface area contributed by atoms with Crippen molar-refractivity contribution in [2.75, 3.05) is 18.4 Å². The monoisotopic (exact) mass is 403 g/mol. The van der Waals surface area contributed by atoms with Crippen molar-refractivity contribution in [1.82, 2.24) is 20.1 Å². The number of nitrogens with one attached hydrogen (secondary N) is 2. The summed E-state index contributed by atoms with van der Waals surface area (Å²) in [7, 11) is 0. The summed E-state index contributed by atoms with van der Waals surface area (Å²) in [5, 5.41) is 13.2. The molecule has 0 spiro atoms. The summed E-state index contributed by atoms with van der Waals surface area (Å²) in [6.07, 6.45) is 4.52. The molecule has 2 heterocycles. The maximum atomic E-state index is 12.3. The molecule has 29 heavy (non-hydrogen) atoms. The van der Waals surface area contributed by atoms with Crippen LogP contribution in [-0.4, -0.2) is 33.8 Å². The molecule has 1 amide bonds. The van der Waals surface area contributed by atoms with E-state index in [1.165, 1.54) is 11.3 Å². The van der Waals surface area contributed by atoms with Gasteiger partial charge in [0.2, 0.25) is 0 Å². The summed E-state index contributed by atoms with van der Waals surface area (Å²) in [6.45, 7) is 1.39. The van der Waals surface area contributed by atoms with E-state index in [1.54, 1.807) is 16.3 Å². The highest BCUT2D eigenvalue weighted by Crippen LogP contribution is 2.24. The number of carbonyl (C=O) groups excluding carboxylic acids is 1. The van der Waals surface area contributed by atoms with Gasteiger partial charge in [-0.15, -0.1) is 11.3 Å². The smallest absolute Gasteiger partial charge is 0.270 e. The second-order valence-electron chi connectivity index (χ2n) is 6.45. The zero-order chi connectivity index (χ0) is 19.9. The van der Waals surface area contributed by atoms with E-state index in [9.17, 15) is 4.79 Å². The molecule has 0 unspecified atom stereocenters. The van der Waals surface area contributed by atoms with Crippen molar-refractivity contribution >= 4 is 22.9 Å². The number of hydrogen-bond donors (Lipinski definition) is 2. The minimum absolute atomic E-state index is 0.150. The van der Waals surface area contributed by atoms with E-state index in [-0.39, 0.29) is 5.91 Å². The van der Waals surface area contributed by atoms with Crippen LogP contribution in [0.4, 0.5) is 5.69 Å². The number of anilines is 1. The van der Waals surface area contributed by atoms with Crippen LogP contribution in [0.5, 0.6) is 0 Å². The normalized spacial score (nSPS) is 10.6. The number of benzene rings is 2. The van der Waals surface area contributed by atoms with Crippen molar-refractivity contribution in [3.05, 3.63) is 84.1 Å². The molecule has 2 N–H and O–H groups in total. The molecule has 2 aromatic carbocycles. The van der Waals surface area contributed by atoms with Crippen LogP contribution in [-0.2, 0) is 0 Å². The zero-order valence-electron chi connectivity index (χ0n) is 15.8. The van der Waals surface area contributed by atoms with Crippen molar-refractivity contribution in [3.8, 4) is 16.3 Å². The molecular formula is C22H21N5OS. The largest absolute Gasteiger partial charge is 0.385 e. The van der Waals surface area contributed by atoms with Crippen LogP contribution in [0.2, 0.25) is 0 Å². The standard InChI is InChI=1S/C22H21N5OS/c28-21(24-13-7-12-23-18-8-3-1-4-9-18)20-16-29-22(26-20)17-14-25-27(15-17)19-10-5-2-6-11-19/h1-6,8-11,14-16,23H,7,12-13H2,(H,24,28). The van der Waals surface area contributed by atoms with Gasteiger partial charge in [0, 0.05) is 35.9 Å². The predicted molar refractivity (Wildman–Crippen MR) is 117 cm³/mol. The van der Waals surface area contributed by atoms with Crippen molar-refractivity contribution in [2.45, 2.75) is 6.42 Å². The maximum absolute atomic E-state index is 12.3. The highest BCUT2D eigenvalue weighted by molar-refractivity contribution is 7.13. The Kier molecular flexibility index (Phi) is 5.97. The molecule has 0 saturated carbocycles. The van der Waals surface area contributed by atoms with Crippen LogP contribution in [0.25, 0.3) is 16.3 Å². The van der Waals surface area contributed by atoms with Crippen molar-refractivity contribution in [2.24, 2.45) is 0 Å². The lowest BCUT2D eigenvalue weighted by Crippen LogP contribution is -2.26. The zero-order valence-corrected chi connectivity index (χ0v) is 16.6. The molecule has 2 aromatic heterocycles. The van der Waals surface area contributed by atoms with E-state index >= 15 is 0 Å². The number of nitrogens with zero attached hydrogens (tertiary/aromatic N) is 3. The molecule has 6 nitrogen and oxygen atoms in total. The van der Waals surface area contributed by atoms with Gasteiger partial charge in [-0.3, -0.25) is 4.79 Å². The van der Waals surface area contributed by atoms with Crippen LogP contribution < -0.4 is 10.6 Å². The van der Waals surface area contributed by atoms with Gasteiger partial charge in [0.1, 0.15) is 10.7 Å². The molecule has 0 fully saturated rings. The SMILES string of the molecule is O=C(NCCCNc1ccccc1)c1csc(-c2cnn(-c3ccccc3)c2)n1. The summed E-state index contributed by atoms with van der Waals surface area (Å²) >= 11 is 1.44. The van der Waals surface area contributed by atoms with E-state index in [4.69, 9.17) is 0 Å². The summed E-state index contributed by atoms with van der Waals surface area (Å²) in [6, 6.07) is 19.9. The average Bonchev–Trinajstić information content (AvgIpc) is 3.45. The molecule has 4 rings (SSSR count). The maximum Gasteiger partial charge on any atom is 0.270 e. The fraction of sp³-hybridized carbons (Fsp3) is 0.136. The topological polar surface area (TPSA) is 71.8 Å². The van der Waals surface area contributed by atoms with E-state index in [1.807, 2.05) is 66.9 Å². The first-order chi connectivity index (χ1) is 14.3. The van der Waals surface area contributed by atoms with Gasteiger partial charge in [0.25, 0.3) is 5.91 Å². The predicted octanol–water partition coefficient (Wildman–Crippen LogP) is 4.23. The number of aromatic nitrogens is 3. The summed E-state index contributed by atoms with van der Waals surface area (Å²) in [4.78, 5) is 16.8. The van der Waals surface area contributed by atoms with E-state index in [0.29, 0.717) is 12.2 Å². The summed E-state index contributed by atoms with van der Waals surface area (Å²) < 4.78 is 1.80. The van der Waals surface area contributed by atoms with Crippen LogP contribution >= 0.6 is 11.3 Å². The van der Waals surface area contributed by atoms with Gasteiger partial charge < -0.3 is 10.6 Å². The van der Waals surface area contributed by atoms with E-state index in [2.05, 4.69) is 20.7 Å². The number of carbonyl (C=O) groups is 1. The Labute approximate surface area is 173 Å². The first kappa shape index (κ1) is 18.9. The van der Waals surface area contributed by atoms with Gasteiger partial charge in [-0.25, -0.2) is 9.67 Å². The minimum Gasteiger partial charge on any atom is -0.385 e. The lowest BCUT2D eigenvalue weighted by Gasteiger charge is -2.06. The Morgan fingerprint density at radius 3 is 2.55 bits per heavy atom. The van der Waals surface area contributed by atoms with Crippen molar-refractivity contribution in [3.63, 3.8) is 0 Å². The van der Waals surface area contributed by atoms with Gasteiger partial charge in [-0.05, 0) is 30.7 Å². The van der Waals surface area contributed by atoms with Gasteiger partial charge in [0.05, 0.1) is 11.9 Å². The fourth-order valence-corrected chi connectivity index (χ4v) is 3.61. The number of thiazole rings is 1. The number of hydrogen-bond acceptors (Lipinski definition) is 5. The molecule has 146 valence electrons. The highest BCUT2D eigenvalue weighted by atomic mass is 32.1. The third kappa shape index (κ3) is 4.89. The van der Waals surface area contributed by atoms with Crippen LogP contribution in [0, 0.1) is 0 Å². The van der Waals surface area contributed by atoms with Gasteiger partial charge in [-0.1, -0.05) is 36.4 Å².